The molecule has 0 N–H and O–H groups in total. The van der Waals surface area contributed by atoms with Gasteiger partial charge in [0.05, 0.1) is 11.4 Å². The van der Waals surface area contributed by atoms with Crippen LogP contribution in [0.15, 0.2) is 176 Å². The van der Waals surface area contributed by atoms with E-state index in [2.05, 4.69) is 181 Å². The highest BCUT2D eigenvalue weighted by Crippen LogP contribution is 2.46. The maximum absolute atomic E-state index is 2.44. The van der Waals surface area contributed by atoms with Crippen LogP contribution in [0.1, 0.15) is 0 Å². The topological polar surface area (TPSA) is 3.24 Å². The van der Waals surface area contributed by atoms with Crippen molar-refractivity contribution in [2.24, 2.45) is 0 Å². The van der Waals surface area contributed by atoms with Crippen molar-refractivity contribution in [1.82, 2.24) is 0 Å². The molecule has 0 saturated heterocycles. The standard InChI is InChI=1S/C46H29NS2/c1-2-13-34-30(11-1)12-9-20-42(34)47(33-26-23-31(24-27-33)36-17-10-18-39-37-15-4-8-22-44(37)49-46(36)39)41-19-6-3-14-35(41)32-25-28-45-40(29-32)38-16-5-7-21-43(38)48-45/h1-29H. The fraction of sp³-hybridized carbons (Fsp3) is 0. The van der Waals surface area contributed by atoms with Crippen molar-refractivity contribution in [1.29, 1.82) is 0 Å². The molecule has 0 bridgehead atoms. The van der Waals surface area contributed by atoms with Crippen LogP contribution < -0.4 is 4.90 Å². The molecule has 0 saturated carbocycles. The molecule has 0 amide bonds. The molecular formula is C46H29NS2. The number of nitrogens with zero attached hydrogens (tertiary/aromatic N) is 1. The second kappa shape index (κ2) is 11.5. The predicted octanol–water partition coefficient (Wildman–Crippen LogP) is 14.4. The van der Waals surface area contributed by atoms with Crippen LogP contribution in [0.25, 0.3) is 73.4 Å². The highest BCUT2D eigenvalue weighted by Gasteiger charge is 2.20. The van der Waals surface area contributed by atoms with Gasteiger partial charge in [-0.15, -0.1) is 22.7 Å². The minimum Gasteiger partial charge on any atom is -0.309 e. The zero-order chi connectivity index (χ0) is 32.3. The molecule has 8 aromatic carbocycles. The van der Waals surface area contributed by atoms with Gasteiger partial charge in [-0.3, -0.25) is 0 Å². The largest absolute Gasteiger partial charge is 0.309 e. The Morgan fingerprint density at radius 1 is 0.347 bits per heavy atom. The van der Waals surface area contributed by atoms with E-state index >= 15 is 0 Å². The van der Waals surface area contributed by atoms with Crippen LogP contribution in [-0.2, 0) is 0 Å². The minimum absolute atomic E-state index is 1.12. The van der Waals surface area contributed by atoms with E-state index in [0.29, 0.717) is 0 Å². The zero-order valence-corrected chi connectivity index (χ0v) is 28.1. The smallest absolute Gasteiger partial charge is 0.0540 e. The lowest BCUT2D eigenvalue weighted by atomic mass is 9.98. The van der Waals surface area contributed by atoms with Crippen LogP contribution in [0.2, 0.25) is 0 Å². The summed E-state index contributed by atoms with van der Waals surface area (Å²) in [6, 6.07) is 64.4. The van der Waals surface area contributed by atoms with Gasteiger partial charge in [-0.2, -0.15) is 0 Å². The van der Waals surface area contributed by atoms with E-state index in [1.54, 1.807) is 0 Å². The Kier molecular flexibility index (Phi) is 6.61. The number of rotatable bonds is 5. The number of thiophene rings is 2. The van der Waals surface area contributed by atoms with Gasteiger partial charge in [-0.25, -0.2) is 0 Å². The number of anilines is 3. The van der Waals surface area contributed by atoms with E-state index in [1.807, 2.05) is 22.7 Å². The first-order valence-electron chi connectivity index (χ1n) is 16.6. The van der Waals surface area contributed by atoms with E-state index in [0.717, 1.165) is 17.1 Å². The summed E-state index contributed by atoms with van der Waals surface area (Å²) in [5.74, 6) is 0. The van der Waals surface area contributed by atoms with Crippen molar-refractivity contribution < 1.29 is 0 Å². The lowest BCUT2D eigenvalue weighted by Gasteiger charge is -2.29. The maximum atomic E-state index is 2.44. The first-order chi connectivity index (χ1) is 24.3. The van der Waals surface area contributed by atoms with Gasteiger partial charge in [0.15, 0.2) is 0 Å². The first-order valence-corrected chi connectivity index (χ1v) is 18.2. The van der Waals surface area contributed by atoms with Gasteiger partial charge in [0.1, 0.15) is 0 Å². The van der Waals surface area contributed by atoms with Crippen LogP contribution in [0.4, 0.5) is 17.1 Å². The number of benzene rings is 8. The second-order valence-corrected chi connectivity index (χ2v) is 14.6. The van der Waals surface area contributed by atoms with Crippen LogP contribution in [0.5, 0.6) is 0 Å². The van der Waals surface area contributed by atoms with E-state index in [-0.39, 0.29) is 0 Å². The fourth-order valence-corrected chi connectivity index (χ4v) is 9.71. The second-order valence-electron chi connectivity index (χ2n) is 12.5. The predicted molar refractivity (Wildman–Crippen MR) is 215 cm³/mol. The van der Waals surface area contributed by atoms with Crippen molar-refractivity contribution in [3.8, 4) is 22.3 Å². The monoisotopic (exact) mass is 659 g/mol. The molecule has 2 aromatic heterocycles. The summed E-state index contributed by atoms with van der Waals surface area (Å²) in [6.45, 7) is 0. The molecule has 2 heterocycles. The lowest BCUT2D eigenvalue weighted by molar-refractivity contribution is 1.30. The van der Waals surface area contributed by atoms with Crippen molar-refractivity contribution in [2.45, 2.75) is 0 Å². The molecule has 10 aromatic rings. The Morgan fingerprint density at radius 2 is 0.918 bits per heavy atom. The number of fused-ring (bicyclic) bond motifs is 7. The third-order valence-electron chi connectivity index (χ3n) is 9.68. The molecule has 1 nitrogen and oxygen atoms in total. The Hall–Kier alpha value is -5.74. The third-order valence-corrected chi connectivity index (χ3v) is 12.1. The average Bonchev–Trinajstić information content (AvgIpc) is 3.74. The van der Waals surface area contributed by atoms with Gasteiger partial charge in [-0.05, 0) is 70.6 Å². The lowest BCUT2D eigenvalue weighted by Crippen LogP contribution is -2.11. The van der Waals surface area contributed by atoms with E-state index in [4.69, 9.17) is 0 Å². The summed E-state index contributed by atoms with van der Waals surface area (Å²) >= 11 is 3.74. The molecule has 0 fully saturated rings. The summed E-state index contributed by atoms with van der Waals surface area (Å²) in [4.78, 5) is 2.44. The Balaban J connectivity index is 1.16. The molecule has 230 valence electrons. The van der Waals surface area contributed by atoms with E-state index < -0.39 is 0 Å². The van der Waals surface area contributed by atoms with E-state index in [1.165, 1.54) is 73.4 Å². The van der Waals surface area contributed by atoms with Crippen molar-refractivity contribution >= 4 is 90.9 Å². The molecule has 0 aliphatic rings. The van der Waals surface area contributed by atoms with Crippen molar-refractivity contribution in [3.05, 3.63) is 176 Å². The molecular weight excluding hydrogens is 631 g/mol. The maximum Gasteiger partial charge on any atom is 0.0540 e. The van der Waals surface area contributed by atoms with Crippen LogP contribution >= 0.6 is 22.7 Å². The first kappa shape index (κ1) is 28.3. The molecule has 49 heavy (non-hydrogen) atoms. The van der Waals surface area contributed by atoms with E-state index in [9.17, 15) is 0 Å². The molecule has 10 rings (SSSR count). The number of para-hydroxylation sites is 1. The Morgan fingerprint density at radius 3 is 1.78 bits per heavy atom. The number of hydrogen-bond donors (Lipinski definition) is 0. The van der Waals surface area contributed by atoms with Gasteiger partial charge < -0.3 is 4.90 Å². The summed E-state index contributed by atoms with van der Waals surface area (Å²) < 4.78 is 5.31. The van der Waals surface area contributed by atoms with Crippen LogP contribution in [0.3, 0.4) is 0 Å². The van der Waals surface area contributed by atoms with Gasteiger partial charge in [0.25, 0.3) is 0 Å². The molecule has 0 aliphatic carbocycles. The van der Waals surface area contributed by atoms with Crippen molar-refractivity contribution in [3.63, 3.8) is 0 Å². The normalized spacial score (nSPS) is 11.7. The average molecular weight is 660 g/mol. The summed E-state index contributed by atoms with van der Waals surface area (Å²) in [5.41, 5.74) is 8.35. The van der Waals surface area contributed by atoms with Gasteiger partial charge >= 0.3 is 0 Å². The third kappa shape index (κ3) is 4.66. The Bertz CT molecular complexity index is 2830. The molecule has 0 radical (unpaired) electrons. The quantitative estimate of drug-likeness (QED) is 0.178. The summed E-state index contributed by atoms with van der Waals surface area (Å²) in [5, 5.41) is 7.72. The number of hydrogen-bond acceptors (Lipinski definition) is 3. The fourth-order valence-electron chi connectivity index (χ4n) is 7.38. The highest BCUT2D eigenvalue weighted by atomic mass is 32.1. The Labute approximate surface area is 292 Å². The summed E-state index contributed by atoms with van der Waals surface area (Å²) in [7, 11) is 0. The van der Waals surface area contributed by atoms with Gasteiger partial charge in [-0.1, -0.05) is 127 Å². The zero-order valence-electron chi connectivity index (χ0n) is 26.5. The van der Waals surface area contributed by atoms with Gasteiger partial charge in [0, 0.05) is 57.0 Å². The molecule has 0 spiro atoms. The SMILES string of the molecule is c1ccc(N(c2ccc(-c3cccc4c3sc3ccccc34)cc2)c2cccc3ccccc23)c(-c2ccc3sc4ccccc4c3c2)c1. The van der Waals surface area contributed by atoms with Gasteiger partial charge in [0.2, 0.25) is 0 Å². The summed E-state index contributed by atoms with van der Waals surface area (Å²) in [6.07, 6.45) is 0. The molecule has 0 aliphatic heterocycles. The minimum atomic E-state index is 1.12. The molecule has 3 heteroatoms. The highest BCUT2D eigenvalue weighted by molar-refractivity contribution is 7.26. The molecule has 0 atom stereocenters. The van der Waals surface area contributed by atoms with Crippen molar-refractivity contribution in [2.75, 3.05) is 4.90 Å². The van der Waals surface area contributed by atoms with Crippen LogP contribution in [0, 0.1) is 0 Å². The molecule has 0 unspecified atom stereocenters. The van der Waals surface area contributed by atoms with Crippen LogP contribution in [-0.4, -0.2) is 0 Å².